The summed E-state index contributed by atoms with van der Waals surface area (Å²) in [4.78, 5) is 12.6. The molecule has 2 rings (SSSR count). The van der Waals surface area contributed by atoms with E-state index in [1.54, 1.807) is 12.2 Å². The van der Waals surface area contributed by atoms with Gasteiger partial charge in [0.2, 0.25) is 0 Å². The second-order valence-electron chi connectivity index (χ2n) is 4.18. The molecular weight excluding hydrogens is 413 g/mol. The molecule has 0 amide bonds. The van der Waals surface area contributed by atoms with E-state index in [2.05, 4.69) is 0 Å². The SMILES string of the molecule is O=c1n(CC=CCl)c2c(Cl)c(Cl)c(Cl)c(Cl)c2n1CC=CCl. The molecule has 0 unspecified atom stereocenters. The Bertz CT molecular complexity index is 768. The Morgan fingerprint density at radius 1 is 0.727 bits per heavy atom. The smallest absolute Gasteiger partial charge is 0.286 e. The van der Waals surface area contributed by atoms with Gasteiger partial charge in [-0.1, -0.05) is 81.8 Å². The van der Waals surface area contributed by atoms with Crippen LogP contribution >= 0.6 is 69.6 Å². The van der Waals surface area contributed by atoms with Gasteiger partial charge < -0.3 is 0 Å². The van der Waals surface area contributed by atoms with E-state index in [0.29, 0.717) is 11.0 Å². The molecule has 3 nitrogen and oxygen atoms in total. The molecule has 0 atom stereocenters. The van der Waals surface area contributed by atoms with Crippen molar-refractivity contribution in [2.45, 2.75) is 13.1 Å². The van der Waals surface area contributed by atoms with Crippen molar-refractivity contribution in [3.05, 3.63) is 53.8 Å². The minimum absolute atomic E-state index is 0.0921. The second kappa shape index (κ2) is 7.52. The van der Waals surface area contributed by atoms with Crippen molar-refractivity contribution in [1.29, 1.82) is 0 Å². The van der Waals surface area contributed by atoms with E-state index in [-0.39, 0.29) is 38.9 Å². The molecule has 0 N–H and O–H groups in total. The lowest BCUT2D eigenvalue weighted by Crippen LogP contribution is -2.23. The lowest BCUT2D eigenvalue weighted by atomic mass is 10.3. The van der Waals surface area contributed by atoms with Gasteiger partial charge in [-0.2, -0.15) is 0 Å². The summed E-state index contributed by atoms with van der Waals surface area (Å²) < 4.78 is 2.82. The lowest BCUT2D eigenvalue weighted by molar-refractivity contribution is 0.719. The first kappa shape index (κ1) is 18.1. The summed E-state index contributed by atoms with van der Waals surface area (Å²) in [6.07, 6.45) is 3.19. The third-order valence-corrected chi connectivity index (χ3v) is 5.11. The third-order valence-electron chi connectivity index (χ3n) is 2.97. The summed E-state index contributed by atoms with van der Waals surface area (Å²) >= 11 is 35.7. The fourth-order valence-electron chi connectivity index (χ4n) is 2.07. The van der Waals surface area contributed by atoms with Gasteiger partial charge in [-0.15, -0.1) is 0 Å². The highest BCUT2D eigenvalue weighted by molar-refractivity contribution is 6.55. The average molecular weight is 421 g/mol. The molecule has 0 radical (unpaired) electrons. The topological polar surface area (TPSA) is 26.9 Å². The first-order valence-electron chi connectivity index (χ1n) is 5.91. The Kier molecular flexibility index (Phi) is 6.17. The van der Waals surface area contributed by atoms with Crippen molar-refractivity contribution in [2.75, 3.05) is 0 Å². The van der Waals surface area contributed by atoms with E-state index < -0.39 is 0 Å². The van der Waals surface area contributed by atoms with Crippen molar-refractivity contribution >= 4 is 80.6 Å². The molecule has 0 fully saturated rings. The first-order chi connectivity index (χ1) is 10.5. The number of aromatic nitrogens is 2. The molecule has 1 aromatic carbocycles. The maximum atomic E-state index is 12.6. The summed E-state index contributed by atoms with van der Waals surface area (Å²) in [5.41, 5.74) is 3.07. The number of fused-ring (bicyclic) bond motifs is 1. The molecule has 22 heavy (non-hydrogen) atoms. The maximum Gasteiger partial charge on any atom is 0.329 e. The molecule has 0 aliphatic carbocycles. The van der Waals surface area contributed by atoms with Gasteiger partial charge in [-0.05, 0) is 0 Å². The highest BCUT2D eigenvalue weighted by Crippen LogP contribution is 2.42. The normalized spacial score (nSPS) is 12.3. The number of allylic oxidation sites excluding steroid dienone is 2. The summed E-state index contributed by atoms with van der Waals surface area (Å²) in [5.74, 6) is 0. The van der Waals surface area contributed by atoms with E-state index >= 15 is 0 Å². The molecule has 2 aromatic rings. The molecule has 0 saturated carbocycles. The zero-order chi connectivity index (χ0) is 16.4. The molecule has 0 spiro atoms. The number of hydrogen-bond acceptors (Lipinski definition) is 1. The van der Waals surface area contributed by atoms with Crippen LogP contribution in [0.2, 0.25) is 20.1 Å². The minimum Gasteiger partial charge on any atom is -0.286 e. The highest BCUT2D eigenvalue weighted by Gasteiger charge is 2.23. The second-order valence-corrected chi connectivity index (χ2v) is 6.20. The average Bonchev–Trinajstić information content (AvgIpc) is 2.79. The van der Waals surface area contributed by atoms with Crippen LogP contribution in [0.5, 0.6) is 0 Å². The van der Waals surface area contributed by atoms with Crippen LogP contribution in [0.1, 0.15) is 0 Å². The Hall–Kier alpha value is -0.290. The molecule has 0 aliphatic heterocycles. The lowest BCUT2D eigenvalue weighted by Gasteiger charge is -2.08. The summed E-state index contributed by atoms with van der Waals surface area (Å²) in [5, 5.41) is 0.489. The van der Waals surface area contributed by atoms with E-state index in [4.69, 9.17) is 69.6 Å². The Morgan fingerprint density at radius 3 is 1.41 bits per heavy atom. The summed E-state index contributed by atoms with van der Waals surface area (Å²) in [6.45, 7) is 0.425. The van der Waals surface area contributed by atoms with Crippen LogP contribution in [-0.2, 0) is 13.1 Å². The van der Waals surface area contributed by atoms with E-state index in [1.165, 1.54) is 20.2 Å². The highest BCUT2D eigenvalue weighted by atomic mass is 35.5. The summed E-state index contributed by atoms with van der Waals surface area (Å²) in [6, 6.07) is 0. The molecule has 0 bridgehead atoms. The monoisotopic (exact) mass is 418 g/mol. The fraction of sp³-hybridized carbons (Fsp3) is 0.154. The number of imidazole rings is 1. The van der Waals surface area contributed by atoms with Gasteiger partial charge in [0.1, 0.15) is 0 Å². The van der Waals surface area contributed by atoms with Crippen LogP contribution in [-0.4, -0.2) is 9.13 Å². The van der Waals surface area contributed by atoms with Crippen LogP contribution in [0.3, 0.4) is 0 Å². The number of nitrogens with zero attached hydrogens (tertiary/aromatic N) is 2. The van der Waals surface area contributed by atoms with E-state index in [9.17, 15) is 4.79 Å². The van der Waals surface area contributed by atoms with Gasteiger partial charge in [0.25, 0.3) is 0 Å². The van der Waals surface area contributed by atoms with Crippen LogP contribution in [0.4, 0.5) is 0 Å². The van der Waals surface area contributed by atoms with Crippen molar-refractivity contribution in [3.8, 4) is 0 Å². The van der Waals surface area contributed by atoms with Gasteiger partial charge in [0.15, 0.2) is 0 Å². The quantitative estimate of drug-likeness (QED) is 0.445. The number of rotatable bonds is 4. The van der Waals surface area contributed by atoms with Crippen molar-refractivity contribution < 1.29 is 0 Å². The number of benzene rings is 1. The molecular formula is C13H8Cl6N2O. The van der Waals surface area contributed by atoms with E-state index in [1.807, 2.05) is 0 Å². The van der Waals surface area contributed by atoms with Crippen LogP contribution in [0.25, 0.3) is 11.0 Å². The molecule has 1 heterocycles. The number of halogens is 6. The molecule has 0 aliphatic rings. The third kappa shape index (κ3) is 3.03. The van der Waals surface area contributed by atoms with Crippen LogP contribution in [0.15, 0.2) is 28.0 Å². The van der Waals surface area contributed by atoms with Crippen molar-refractivity contribution in [2.24, 2.45) is 0 Å². The predicted octanol–water partition coefficient (Wildman–Crippen LogP) is 5.92. The minimum atomic E-state index is -0.332. The standard InChI is InChI=1S/C13H8Cl6N2O/c14-3-1-5-20-11-9(18)7(16)8(17)10(19)12(11)21(13(20)22)6-2-4-15/h1-4H,5-6H2. The Morgan fingerprint density at radius 2 is 1.09 bits per heavy atom. The van der Waals surface area contributed by atoms with Gasteiger partial charge in [0, 0.05) is 24.2 Å². The van der Waals surface area contributed by atoms with Crippen LogP contribution < -0.4 is 5.69 Å². The Balaban J connectivity index is 2.95. The van der Waals surface area contributed by atoms with Crippen molar-refractivity contribution in [3.63, 3.8) is 0 Å². The van der Waals surface area contributed by atoms with Gasteiger partial charge in [-0.25, -0.2) is 4.79 Å². The molecule has 9 heteroatoms. The maximum absolute atomic E-state index is 12.6. The molecule has 0 saturated heterocycles. The summed E-state index contributed by atoms with van der Waals surface area (Å²) in [7, 11) is 0. The van der Waals surface area contributed by atoms with Crippen LogP contribution in [0, 0.1) is 0 Å². The van der Waals surface area contributed by atoms with E-state index in [0.717, 1.165) is 0 Å². The fourth-order valence-corrected chi connectivity index (χ4v) is 3.26. The van der Waals surface area contributed by atoms with Gasteiger partial charge in [0.05, 0.1) is 31.1 Å². The van der Waals surface area contributed by atoms with Gasteiger partial charge >= 0.3 is 5.69 Å². The first-order valence-corrected chi connectivity index (χ1v) is 8.29. The van der Waals surface area contributed by atoms with Crippen molar-refractivity contribution in [1.82, 2.24) is 9.13 Å². The number of hydrogen-bond donors (Lipinski definition) is 0. The predicted molar refractivity (Wildman–Crippen MR) is 96.2 cm³/mol. The zero-order valence-corrected chi connectivity index (χ0v) is 15.3. The largest absolute Gasteiger partial charge is 0.329 e. The zero-order valence-electron chi connectivity index (χ0n) is 10.8. The molecule has 1 aromatic heterocycles. The molecule has 118 valence electrons. The van der Waals surface area contributed by atoms with Gasteiger partial charge in [-0.3, -0.25) is 9.13 Å². The Labute approximate surface area is 156 Å².